The van der Waals surface area contributed by atoms with Crippen LogP contribution in [-0.4, -0.2) is 36.7 Å². The van der Waals surface area contributed by atoms with Gasteiger partial charge in [0.25, 0.3) is 0 Å². The molecule has 0 fully saturated rings. The number of ether oxygens (including phenoxy) is 1. The molecule has 0 bridgehead atoms. The zero-order valence-corrected chi connectivity index (χ0v) is 13.8. The number of aliphatic hydroxyl groups excluding tert-OH is 1. The maximum absolute atomic E-state index is 12.2. The van der Waals surface area contributed by atoms with Gasteiger partial charge in [-0.05, 0) is 35.9 Å². The topological polar surface area (TPSA) is 87.7 Å². The number of methoxy groups -OCH3 is 1. The minimum atomic E-state index is -1.05. The fourth-order valence-corrected chi connectivity index (χ4v) is 2.05. The van der Waals surface area contributed by atoms with E-state index in [1.807, 2.05) is 30.3 Å². The number of benzene rings is 2. The molecular formula is C19H20N2O4. The maximum atomic E-state index is 12.2. The van der Waals surface area contributed by atoms with Crippen LogP contribution in [0.2, 0.25) is 0 Å². The van der Waals surface area contributed by atoms with Crippen molar-refractivity contribution in [2.75, 3.05) is 19.0 Å². The van der Waals surface area contributed by atoms with Crippen LogP contribution >= 0.6 is 0 Å². The Kier molecular flexibility index (Phi) is 6.74. The normalized spacial score (nSPS) is 11.8. The first-order valence-corrected chi connectivity index (χ1v) is 7.72. The van der Waals surface area contributed by atoms with Gasteiger partial charge in [0.05, 0.1) is 13.7 Å². The second-order valence-corrected chi connectivity index (χ2v) is 5.21. The van der Waals surface area contributed by atoms with Gasteiger partial charge in [-0.15, -0.1) is 0 Å². The molecule has 0 saturated carbocycles. The summed E-state index contributed by atoms with van der Waals surface area (Å²) < 4.78 is 5.04. The lowest BCUT2D eigenvalue weighted by Crippen LogP contribution is -2.45. The average Bonchev–Trinajstić information content (AvgIpc) is 2.65. The van der Waals surface area contributed by atoms with Crippen LogP contribution in [0.5, 0.6) is 5.75 Å². The maximum Gasteiger partial charge on any atom is 0.249 e. The highest BCUT2D eigenvalue weighted by molar-refractivity contribution is 6.00. The Labute approximate surface area is 146 Å². The Morgan fingerprint density at radius 2 is 1.80 bits per heavy atom. The van der Waals surface area contributed by atoms with Crippen LogP contribution in [0, 0.1) is 0 Å². The Bertz CT molecular complexity index is 727. The van der Waals surface area contributed by atoms with Gasteiger partial charge in [-0.2, -0.15) is 0 Å². The summed E-state index contributed by atoms with van der Waals surface area (Å²) in [4.78, 5) is 24.1. The number of carbonyl (C=O) groups excluding carboxylic acids is 2. The number of hydrogen-bond donors (Lipinski definition) is 3. The molecule has 0 aliphatic carbocycles. The predicted octanol–water partition coefficient (Wildman–Crippen LogP) is 1.82. The van der Waals surface area contributed by atoms with Crippen molar-refractivity contribution >= 4 is 23.6 Å². The lowest BCUT2D eigenvalue weighted by Gasteiger charge is -2.15. The van der Waals surface area contributed by atoms with Crippen molar-refractivity contribution in [3.63, 3.8) is 0 Å². The first-order valence-electron chi connectivity index (χ1n) is 7.72. The molecule has 130 valence electrons. The number of anilines is 1. The smallest absolute Gasteiger partial charge is 0.249 e. The molecular weight excluding hydrogens is 320 g/mol. The summed E-state index contributed by atoms with van der Waals surface area (Å²) >= 11 is 0. The number of hydrogen-bond acceptors (Lipinski definition) is 4. The number of aliphatic hydroxyl groups is 1. The highest BCUT2D eigenvalue weighted by Gasteiger charge is 2.19. The van der Waals surface area contributed by atoms with Crippen molar-refractivity contribution in [3.8, 4) is 5.75 Å². The summed E-state index contributed by atoms with van der Waals surface area (Å²) in [5, 5.41) is 14.5. The van der Waals surface area contributed by atoms with Crippen molar-refractivity contribution in [2.45, 2.75) is 6.04 Å². The lowest BCUT2D eigenvalue weighted by molar-refractivity contribution is -0.124. The highest BCUT2D eigenvalue weighted by Crippen LogP contribution is 2.15. The van der Waals surface area contributed by atoms with Crippen LogP contribution in [-0.2, 0) is 9.59 Å². The van der Waals surface area contributed by atoms with E-state index >= 15 is 0 Å². The summed E-state index contributed by atoms with van der Waals surface area (Å²) in [6.45, 7) is -0.507. The SMILES string of the molecule is COc1ccc(NC(=O)C(CO)NC(=O)C=Cc2ccccc2)cc1. The van der Waals surface area contributed by atoms with E-state index in [1.165, 1.54) is 6.08 Å². The first-order chi connectivity index (χ1) is 12.1. The third-order valence-corrected chi connectivity index (χ3v) is 3.40. The third-order valence-electron chi connectivity index (χ3n) is 3.40. The summed E-state index contributed by atoms with van der Waals surface area (Å²) in [7, 11) is 1.55. The summed E-state index contributed by atoms with van der Waals surface area (Å²) in [6, 6.07) is 15.0. The van der Waals surface area contributed by atoms with Crippen LogP contribution in [0.25, 0.3) is 6.08 Å². The zero-order chi connectivity index (χ0) is 18.1. The minimum Gasteiger partial charge on any atom is -0.497 e. The minimum absolute atomic E-state index is 0.465. The molecule has 0 saturated heterocycles. The second kappa shape index (κ2) is 9.24. The summed E-state index contributed by atoms with van der Waals surface area (Å²) in [5.74, 6) is -0.307. The fraction of sp³-hybridized carbons (Fsp3) is 0.158. The van der Waals surface area contributed by atoms with E-state index in [2.05, 4.69) is 10.6 Å². The highest BCUT2D eigenvalue weighted by atomic mass is 16.5. The van der Waals surface area contributed by atoms with Crippen molar-refractivity contribution in [1.29, 1.82) is 0 Å². The molecule has 0 aromatic heterocycles. The van der Waals surface area contributed by atoms with E-state index in [-0.39, 0.29) is 0 Å². The van der Waals surface area contributed by atoms with E-state index in [0.717, 1.165) is 5.56 Å². The molecule has 0 spiro atoms. The van der Waals surface area contributed by atoms with Crippen LogP contribution in [0.1, 0.15) is 5.56 Å². The van der Waals surface area contributed by atoms with Crippen LogP contribution < -0.4 is 15.4 Å². The second-order valence-electron chi connectivity index (χ2n) is 5.21. The van der Waals surface area contributed by atoms with Crippen LogP contribution in [0.3, 0.4) is 0 Å². The Morgan fingerprint density at radius 3 is 2.40 bits per heavy atom. The molecule has 0 radical (unpaired) electrons. The molecule has 3 N–H and O–H groups in total. The van der Waals surface area contributed by atoms with E-state index in [0.29, 0.717) is 11.4 Å². The van der Waals surface area contributed by atoms with Gasteiger partial charge in [-0.1, -0.05) is 30.3 Å². The predicted molar refractivity (Wildman–Crippen MR) is 96.1 cm³/mol. The molecule has 2 rings (SSSR count). The van der Waals surface area contributed by atoms with Gasteiger partial charge in [-0.25, -0.2) is 0 Å². The Balaban J connectivity index is 1.92. The first kappa shape index (κ1) is 18.2. The Hall–Kier alpha value is -3.12. The molecule has 2 amide bonds. The molecule has 6 heteroatoms. The molecule has 1 unspecified atom stereocenters. The van der Waals surface area contributed by atoms with Gasteiger partial charge in [-0.3, -0.25) is 9.59 Å². The molecule has 0 aliphatic heterocycles. The number of carbonyl (C=O) groups is 2. The van der Waals surface area contributed by atoms with E-state index in [1.54, 1.807) is 37.5 Å². The van der Waals surface area contributed by atoms with E-state index in [4.69, 9.17) is 4.74 Å². The molecule has 0 aliphatic rings. The van der Waals surface area contributed by atoms with Gasteiger partial charge >= 0.3 is 0 Å². The lowest BCUT2D eigenvalue weighted by atomic mass is 10.2. The van der Waals surface area contributed by atoms with Gasteiger partial charge in [0.15, 0.2) is 0 Å². The quantitative estimate of drug-likeness (QED) is 0.671. The summed E-state index contributed by atoms with van der Waals surface area (Å²) in [5.41, 5.74) is 1.40. The molecule has 2 aromatic carbocycles. The molecule has 2 aromatic rings. The number of rotatable bonds is 7. The van der Waals surface area contributed by atoms with Gasteiger partial charge in [0.1, 0.15) is 11.8 Å². The number of amides is 2. The van der Waals surface area contributed by atoms with Crippen LogP contribution in [0.4, 0.5) is 5.69 Å². The van der Waals surface area contributed by atoms with Gasteiger partial charge in [0.2, 0.25) is 11.8 Å². The summed E-state index contributed by atoms with van der Waals surface area (Å²) in [6.07, 6.45) is 2.95. The average molecular weight is 340 g/mol. The van der Waals surface area contributed by atoms with Gasteiger partial charge < -0.3 is 20.5 Å². The van der Waals surface area contributed by atoms with Crippen molar-refractivity contribution in [3.05, 3.63) is 66.2 Å². The monoisotopic (exact) mass is 340 g/mol. The van der Waals surface area contributed by atoms with Crippen molar-refractivity contribution in [1.82, 2.24) is 5.32 Å². The third kappa shape index (κ3) is 5.78. The van der Waals surface area contributed by atoms with Gasteiger partial charge in [0, 0.05) is 11.8 Å². The molecule has 0 heterocycles. The molecule has 6 nitrogen and oxygen atoms in total. The van der Waals surface area contributed by atoms with Crippen molar-refractivity contribution < 1.29 is 19.4 Å². The molecule has 1 atom stereocenters. The Morgan fingerprint density at radius 1 is 1.12 bits per heavy atom. The largest absolute Gasteiger partial charge is 0.497 e. The fourth-order valence-electron chi connectivity index (χ4n) is 2.05. The molecule has 25 heavy (non-hydrogen) atoms. The van der Waals surface area contributed by atoms with E-state index < -0.39 is 24.5 Å². The zero-order valence-electron chi connectivity index (χ0n) is 13.8. The van der Waals surface area contributed by atoms with Crippen LogP contribution in [0.15, 0.2) is 60.7 Å². The van der Waals surface area contributed by atoms with Crippen molar-refractivity contribution in [2.24, 2.45) is 0 Å². The van der Waals surface area contributed by atoms with E-state index in [9.17, 15) is 14.7 Å². The standard InChI is InChI=1S/C19H20N2O4/c1-25-16-10-8-15(9-11-16)20-19(24)17(13-22)21-18(23)12-7-14-5-3-2-4-6-14/h2-12,17,22H,13H2,1H3,(H,20,24)(H,21,23). The number of nitrogens with one attached hydrogen (secondary N) is 2.